The number of carbonyl (C=O) groups is 1. The molecule has 0 radical (unpaired) electrons. The molecule has 6 heteroatoms. The monoisotopic (exact) mass is 357 g/mol. The van der Waals surface area contributed by atoms with Crippen molar-refractivity contribution in [2.24, 2.45) is 0 Å². The molecule has 0 bridgehead atoms. The quantitative estimate of drug-likeness (QED) is 0.736. The minimum atomic E-state index is -0.199. The van der Waals surface area contributed by atoms with Crippen LogP contribution < -0.4 is 24.3 Å². The van der Waals surface area contributed by atoms with E-state index < -0.39 is 0 Å². The molecule has 6 nitrogen and oxygen atoms in total. The van der Waals surface area contributed by atoms with E-state index in [2.05, 4.69) is 5.32 Å². The molecule has 0 fully saturated rings. The Morgan fingerprint density at radius 2 is 1.54 bits per heavy atom. The Morgan fingerprint density at radius 3 is 2.04 bits per heavy atom. The molecule has 0 spiro atoms. The lowest BCUT2D eigenvalue weighted by Crippen LogP contribution is -2.20. The van der Waals surface area contributed by atoms with Crippen molar-refractivity contribution in [1.82, 2.24) is 5.32 Å². The Bertz CT molecular complexity index is 743. The molecular weight excluding hydrogens is 334 g/mol. The average molecular weight is 357 g/mol. The van der Waals surface area contributed by atoms with E-state index in [1.165, 1.54) is 6.08 Å². The minimum absolute atomic E-state index is 0.199. The van der Waals surface area contributed by atoms with Crippen molar-refractivity contribution < 1.29 is 23.7 Å². The highest BCUT2D eigenvalue weighted by Gasteiger charge is 2.12. The number of ether oxygens (including phenoxy) is 4. The summed E-state index contributed by atoms with van der Waals surface area (Å²) in [6.45, 7) is 0.433. The molecule has 2 aromatic rings. The Balaban J connectivity index is 2.02. The number of hydrogen-bond acceptors (Lipinski definition) is 5. The zero-order valence-corrected chi connectivity index (χ0v) is 15.4. The van der Waals surface area contributed by atoms with Gasteiger partial charge in [0.15, 0.2) is 11.5 Å². The second-order valence-corrected chi connectivity index (χ2v) is 5.36. The fraction of sp³-hybridized carbons (Fsp3) is 0.250. The molecule has 1 N–H and O–H groups in total. The standard InChI is InChI=1S/C20H23NO5/c1-23-16-8-5-14(6-9-16)13-21-19(22)10-7-15-11-17(24-2)20(26-4)18(12-15)25-3/h5-12H,13H2,1-4H3,(H,21,22). The van der Waals surface area contributed by atoms with Crippen LogP contribution in [0.15, 0.2) is 42.5 Å². The summed E-state index contributed by atoms with van der Waals surface area (Å²) in [6, 6.07) is 11.1. The van der Waals surface area contributed by atoms with Gasteiger partial charge in [0.05, 0.1) is 28.4 Å². The molecule has 0 aliphatic heterocycles. The fourth-order valence-corrected chi connectivity index (χ4v) is 2.36. The van der Waals surface area contributed by atoms with Crippen LogP contribution in [0.1, 0.15) is 11.1 Å². The molecule has 26 heavy (non-hydrogen) atoms. The van der Waals surface area contributed by atoms with Crippen LogP contribution in [-0.4, -0.2) is 34.3 Å². The van der Waals surface area contributed by atoms with Crippen molar-refractivity contribution in [3.8, 4) is 23.0 Å². The highest BCUT2D eigenvalue weighted by molar-refractivity contribution is 5.91. The largest absolute Gasteiger partial charge is 0.497 e. The van der Waals surface area contributed by atoms with Crippen LogP contribution in [-0.2, 0) is 11.3 Å². The molecule has 0 aliphatic rings. The van der Waals surface area contributed by atoms with Crippen molar-refractivity contribution >= 4 is 12.0 Å². The maximum atomic E-state index is 12.0. The smallest absolute Gasteiger partial charge is 0.244 e. The van der Waals surface area contributed by atoms with Gasteiger partial charge in [0.25, 0.3) is 0 Å². The summed E-state index contributed by atoms with van der Waals surface area (Å²) in [5.74, 6) is 2.16. The van der Waals surface area contributed by atoms with Crippen molar-refractivity contribution in [3.63, 3.8) is 0 Å². The zero-order chi connectivity index (χ0) is 18.9. The maximum Gasteiger partial charge on any atom is 0.244 e. The number of methoxy groups -OCH3 is 4. The van der Waals surface area contributed by atoms with Gasteiger partial charge in [0.1, 0.15) is 5.75 Å². The molecule has 0 saturated carbocycles. The summed E-state index contributed by atoms with van der Waals surface area (Å²) in [5, 5.41) is 2.83. The lowest BCUT2D eigenvalue weighted by atomic mass is 10.1. The highest BCUT2D eigenvalue weighted by atomic mass is 16.5. The van der Waals surface area contributed by atoms with Crippen LogP contribution in [0.3, 0.4) is 0 Å². The second-order valence-electron chi connectivity index (χ2n) is 5.36. The molecule has 0 aromatic heterocycles. The highest BCUT2D eigenvalue weighted by Crippen LogP contribution is 2.38. The van der Waals surface area contributed by atoms with E-state index in [1.807, 2.05) is 24.3 Å². The van der Waals surface area contributed by atoms with Crippen molar-refractivity contribution in [1.29, 1.82) is 0 Å². The van der Waals surface area contributed by atoms with Crippen molar-refractivity contribution in [3.05, 3.63) is 53.6 Å². The summed E-state index contributed by atoms with van der Waals surface area (Å²) in [6.07, 6.45) is 3.15. The number of carbonyl (C=O) groups excluding carboxylic acids is 1. The third kappa shape index (κ3) is 4.92. The summed E-state index contributed by atoms with van der Waals surface area (Å²) < 4.78 is 21.0. The van der Waals surface area contributed by atoms with Gasteiger partial charge in [-0.2, -0.15) is 0 Å². The zero-order valence-electron chi connectivity index (χ0n) is 15.4. The van der Waals surface area contributed by atoms with Gasteiger partial charge in [0.2, 0.25) is 11.7 Å². The van der Waals surface area contributed by atoms with Gasteiger partial charge >= 0.3 is 0 Å². The van der Waals surface area contributed by atoms with Gasteiger partial charge in [-0.15, -0.1) is 0 Å². The molecule has 2 rings (SSSR count). The topological polar surface area (TPSA) is 66.0 Å². The van der Waals surface area contributed by atoms with E-state index in [4.69, 9.17) is 18.9 Å². The molecule has 1 amide bonds. The van der Waals surface area contributed by atoms with Crippen LogP contribution in [0.5, 0.6) is 23.0 Å². The molecule has 0 aliphatic carbocycles. The molecule has 0 unspecified atom stereocenters. The Kier molecular flexibility index (Phi) is 6.91. The third-order valence-corrected chi connectivity index (χ3v) is 3.74. The van der Waals surface area contributed by atoms with Gasteiger partial charge < -0.3 is 24.3 Å². The van der Waals surface area contributed by atoms with Crippen LogP contribution in [0.25, 0.3) is 6.08 Å². The van der Waals surface area contributed by atoms with Crippen LogP contribution in [0.4, 0.5) is 0 Å². The molecule has 138 valence electrons. The lowest BCUT2D eigenvalue weighted by molar-refractivity contribution is -0.116. The fourth-order valence-electron chi connectivity index (χ4n) is 2.36. The summed E-state index contributed by atoms with van der Waals surface area (Å²) in [5.41, 5.74) is 1.75. The normalized spacial score (nSPS) is 10.5. The van der Waals surface area contributed by atoms with Crippen LogP contribution in [0, 0.1) is 0 Å². The molecule has 0 heterocycles. The van der Waals surface area contributed by atoms with E-state index in [0.29, 0.717) is 23.8 Å². The van der Waals surface area contributed by atoms with Gasteiger partial charge in [-0.3, -0.25) is 4.79 Å². The molecule has 0 atom stereocenters. The molecule has 2 aromatic carbocycles. The first-order valence-electron chi connectivity index (χ1n) is 8.00. The number of nitrogens with one attached hydrogen (secondary N) is 1. The Hall–Kier alpha value is -3.15. The van der Waals surface area contributed by atoms with Crippen molar-refractivity contribution in [2.45, 2.75) is 6.54 Å². The van der Waals surface area contributed by atoms with Crippen LogP contribution in [0.2, 0.25) is 0 Å². The third-order valence-electron chi connectivity index (χ3n) is 3.74. The van der Waals surface area contributed by atoms with E-state index in [0.717, 1.165) is 16.9 Å². The minimum Gasteiger partial charge on any atom is -0.497 e. The average Bonchev–Trinajstić information content (AvgIpc) is 2.69. The van der Waals surface area contributed by atoms with E-state index in [-0.39, 0.29) is 5.91 Å². The first-order chi connectivity index (χ1) is 12.6. The van der Waals surface area contributed by atoms with E-state index in [1.54, 1.807) is 46.6 Å². The first-order valence-corrected chi connectivity index (χ1v) is 8.00. The summed E-state index contributed by atoms with van der Waals surface area (Å²) >= 11 is 0. The van der Waals surface area contributed by atoms with Crippen molar-refractivity contribution in [2.75, 3.05) is 28.4 Å². The van der Waals surface area contributed by atoms with Gasteiger partial charge in [-0.05, 0) is 41.5 Å². The number of rotatable bonds is 8. The summed E-state index contributed by atoms with van der Waals surface area (Å²) in [4.78, 5) is 12.0. The number of benzene rings is 2. The predicted molar refractivity (Wildman–Crippen MR) is 100.0 cm³/mol. The van der Waals surface area contributed by atoms with Gasteiger partial charge in [-0.1, -0.05) is 12.1 Å². The molecule has 0 saturated heterocycles. The summed E-state index contributed by atoms with van der Waals surface area (Å²) in [7, 11) is 6.26. The second kappa shape index (κ2) is 9.36. The first kappa shape index (κ1) is 19.2. The SMILES string of the molecule is COc1ccc(CNC(=O)C=Cc2cc(OC)c(OC)c(OC)c2)cc1. The lowest BCUT2D eigenvalue weighted by Gasteiger charge is -2.12. The number of hydrogen-bond donors (Lipinski definition) is 1. The van der Waals surface area contributed by atoms with E-state index in [9.17, 15) is 4.79 Å². The van der Waals surface area contributed by atoms with Gasteiger partial charge in [0, 0.05) is 12.6 Å². The maximum absolute atomic E-state index is 12.0. The Labute approximate surface area is 153 Å². The predicted octanol–water partition coefficient (Wildman–Crippen LogP) is 3.05. The Morgan fingerprint density at radius 1 is 0.923 bits per heavy atom. The van der Waals surface area contributed by atoms with Gasteiger partial charge in [-0.25, -0.2) is 0 Å². The van der Waals surface area contributed by atoms with Crippen LogP contribution >= 0.6 is 0 Å². The number of amides is 1. The van der Waals surface area contributed by atoms with E-state index >= 15 is 0 Å². The molecular formula is C20H23NO5.